The average molecular weight is 481 g/mol. The van der Waals surface area contributed by atoms with E-state index < -0.39 is 6.09 Å². The Bertz CT molecular complexity index is 1110. The number of ether oxygens (including phenoxy) is 2. The van der Waals surface area contributed by atoms with Crippen LogP contribution in [-0.4, -0.2) is 54.6 Å². The number of amides is 1. The molecular formula is C27H36N4O4. The van der Waals surface area contributed by atoms with Gasteiger partial charge in [-0.05, 0) is 64.2 Å². The van der Waals surface area contributed by atoms with Crippen molar-refractivity contribution in [3.63, 3.8) is 0 Å². The highest BCUT2D eigenvalue weighted by Crippen LogP contribution is 2.11. The van der Waals surface area contributed by atoms with Gasteiger partial charge in [-0.1, -0.05) is 42.0 Å². The summed E-state index contributed by atoms with van der Waals surface area (Å²) in [5.74, 6) is 0. The number of carbonyl (C=O) groups excluding carboxylic acids is 1. The molecule has 0 fully saturated rings. The van der Waals surface area contributed by atoms with Crippen LogP contribution in [0.15, 0.2) is 65.5 Å². The predicted molar refractivity (Wildman–Crippen MR) is 139 cm³/mol. The molecule has 1 heterocycles. The molecule has 35 heavy (non-hydrogen) atoms. The third-order valence-corrected chi connectivity index (χ3v) is 4.85. The number of carbonyl (C=O) groups is 1. The number of nitrogens with one attached hydrogen (secondary N) is 1. The molecule has 0 saturated carbocycles. The zero-order valence-corrected chi connectivity index (χ0v) is 21.3. The molecule has 1 amide bonds. The summed E-state index contributed by atoms with van der Waals surface area (Å²) < 4.78 is 11.7. The molecule has 188 valence electrons. The molecule has 0 saturated heterocycles. The Kier molecular flexibility index (Phi) is 11.7. The normalized spacial score (nSPS) is 10.5. The minimum absolute atomic E-state index is 0.163. The molecule has 0 radical (unpaired) electrons. The Balaban J connectivity index is 0.000000269. The van der Waals surface area contributed by atoms with Gasteiger partial charge in [0.15, 0.2) is 0 Å². The van der Waals surface area contributed by atoms with Gasteiger partial charge in [0, 0.05) is 18.3 Å². The zero-order valence-electron chi connectivity index (χ0n) is 21.3. The smallest absolute Gasteiger partial charge is 0.411 e. The number of anilines is 1. The lowest BCUT2D eigenvalue weighted by Gasteiger charge is -2.09. The van der Waals surface area contributed by atoms with Crippen LogP contribution < -0.4 is 10.9 Å². The standard InChI is InChI=1S/C15H17N3O3.C12H19NO/c1-3-21-15(20)16-13-6-4-5-12(9-13)10-18-14(19)8-7-11(2)17-18;1-11-4-6-12(7-5-11)10-14-9-8-13(2)3/h4-9H,3,10H2,1-2H3,(H,16,20);4-7H,8-10H2,1-3H3. The number of hydrogen-bond donors (Lipinski definition) is 1. The second kappa shape index (κ2) is 14.7. The lowest BCUT2D eigenvalue weighted by molar-refractivity contribution is 0.105. The van der Waals surface area contributed by atoms with Gasteiger partial charge in [0.2, 0.25) is 0 Å². The number of aromatic nitrogens is 2. The fraction of sp³-hybridized carbons (Fsp3) is 0.370. The number of rotatable bonds is 9. The van der Waals surface area contributed by atoms with Crippen molar-refractivity contribution in [3.8, 4) is 0 Å². The molecule has 0 bridgehead atoms. The van der Waals surface area contributed by atoms with Crippen molar-refractivity contribution in [2.45, 2.75) is 33.9 Å². The monoisotopic (exact) mass is 480 g/mol. The van der Waals surface area contributed by atoms with Gasteiger partial charge in [0.1, 0.15) is 0 Å². The van der Waals surface area contributed by atoms with Crippen LogP contribution in [0.4, 0.5) is 10.5 Å². The van der Waals surface area contributed by atoms with Gasteiger partial charge in [-0.3, -0.25) is 10.1 Å². The second-order valence-electron chi connectivity index (χ2n) is 8.36. The summed E-state index contributed by atoms with van der Waals surface area (Å²) in [4.78, 5) is 25.2. The Morgan fingerprint density at radius 2 is 1.77 bits per heavy atom. The third-order valence-electron chi connectivity index (χ3n) is 4.85. The maximum absolute atomic E-state index is 11.7. The molecule has 0 aliphatic rings. The Morgan fingerprint density at radius 1 is 1.03 bits per heavy atom. The van der Waals surface area contributed by atoms with E-state index in [2.05, 4.69) is 60.6 Å². The van der Waals surface area contributed by atoms with Crippen molar-refractivity contribution in [3.05, 3.63) is 93.4 Å². The molecule has 0 unspecified atom stereocenters. The summed E-state index contributed by atoms with van der Waals surface area (Å²) in [5, 5.41) is 6.81. The van der Waals surface area contributed by atoms with E-state index in [9.17, 15) is 9.59 Å². The van der Waals surface area contributed by atoms with Crippen molar-refractivity contribution >= 4 is 11.8 Å². The molecular weight excluding hydrogens is 444 g/mol. The zero-order chi connectivity index (χ0) is 25.6. The summed E-state index contributed by atoms with van der Waals surface area (Å²) in [7, 11) is 4.10. The minimum atomic E-state index is -0.500. The summed E-state index contributed by atoms with van der Waals surface area (Å²) in [6.07, 6.45) is -0.500. The first kappa shape index (κ1) is 27.8. The fourth-order valence-electron chi connectivity index (χ4n) is 2.99. The Morgan fingerprint density at radius 3 is 2.46 bits per heavy atom. The van der Waals surface area contributed by atoms with E-state index in [0.717, 1.165) is 24.4 Å². The highest BCUT2D eigenvalue weighted by Gasteiger charge is 2.04. The Labute approximate surface area is 207 Å². The molecule has 0 aliphatic carbocycles. The van der Waals surface area contributed by atoms with Crippen molar-refractivity contribution < 1.29 is 14.3 Å². The van der Waals surface area contributed by atoms with Crippen LogP contribution >= 0.6 is 0 Å². The summed E-state index contributed by atoms with van der Waals surface area (Å²) >= 11 is 0. The first-order valence-corrected chi connectivity index (χ1v) is 11.6. The first-order valence-electron chi connectivity index (χ1n) is 11.6. The Hall–Kier alpha value is -3.49. The molecule has 8 nitrogen and oxygen atoms in total. The van der Waals surface area contributed by atoms with Gasteiger partial charge < -0.3 is 14.4 Å². The van der Waals surface area contributed by atoms with E-state index in [0.29, 0.717) is 25.4 Å². The molecule has 0 spiro atoms. The van der Waals surface area contributed by atoms with Crippen LogP contribution in [-0.2, 0) is 22.6 Å². The molecule has 0 aliphatic heterocycles. The van der Waals surface area contributed by atoms with Gasteiger partial charge in [-0.25, -0.2) is 9.48 Å². The third kappa shape index (κ3) is 11.0. The van der Waals surface area contributed by atoms with Gasteiger partial charge in [0.05, 0.1) is 32.1 Å². The number of likely N-dealkylation sites (N-methyl/N-ethyl adjacent to an activating group) is 1. The number of hydrogen-bond acceptors (Lipinski definition) is 6. The van der Waals surface area contributed by atoms with E-state index in [1.54, 1.807) is 31.2 Å². The van der Waals surface area contributed by atoms with Gasteiger partial charge in [0.25, 0.3) is 5.56 Å². The predicted octanol–water partition coefficient (Wildman–Crippen LogP) is 4.24. The van der Waals surface area contributed by atoms with Crippen molar-refractivity contribution in [1.82, 2.24) is 14.7 Å². The highest BCUT2D eigenvalue weighted by atomic mass is 16.5. The van der Waals surface area contributed by atoms with Crippen LogP contribution in [0.1, 0.15) is 29.3 Å². The van der Waals surface area contributed by atoms with Crippen LogP contribution in [0.2, 0.25) is 0 Å². The van der Waals surface area contributed by atoms with Crippen LogP contribution in [0.3, 0.4) is 0 Å². The summed E-state index contributed by atoms with van der Waals surface area (Å²) in [6.45, 7) is 8.81. The quantitative estimate of drug-likeness (QED) is 0.461. The number of nitrogens with zero attached hydrogens (tertiary/aromatic N) is 3. The lowest BCUT2D eigenvalue weighted by atomic mass is 10.2. The lowest BCUT2D eigenvalue weighted by Crippen LogP contribution is -2.23. The fourth-order valence-corrected chi connectivity index (χ4v) is 2.99. The van der Waals surface area contributed by atoms with E-state index in [1.165, 1.54) is 21.9 Å². The van der Waals surface area contributed by atoms with Crippen LogP contribution in [0.5, 0.6) is 0 Å². The van der Waals surface area contributed by atoms with E-state index in [-0.39, 0.29) is 5.56 Å². The van der Waals surface area contributed by atoms with Gasteiger partial charge in [-0.2, -0.15) is 5.10 Å². The SMILES string of the molecule is CCOC(=O)Nc1cccc(Cn2nc(C)ccc2=O)c1.Cc1ccc(COCCN(C)C)cc1. The van der Waals surface area contributed by atoms with Crippen molar-refractivity contribution in [2.75, 3.05) is 39.2 Å². The topological polar surface area (TPSA) is 85.7 Å². The number of aryl methyl sites for hydroxylation is 2. The average Bonchev–Trinajstić information content (AvgIpc) is 2.81. The van der Waals surface area contributed by atoms with Crippen LogP contribution in [0.25, 0.3) is 0 Å². The van der Waals surface area contributed by atoms with Crippen molar-refractivity contribution in [1.29, 1.82) is 0 Å². The maximum Gasteiger partial charge on any atom is 0.411 e. The minimum Gasteiger partial charge on any atom is -0.450 e. The molecule has 2 aromatic carbocycles. The van der Waals surface area contributed by atoms with Crippen LogP contribution in [0, 0.1) is 13.8 Å². The summed E-state index contributed by atoms with van der Waals surface area (Å²) in [6, 6.07) is 18.8. The number of benzene rings is 2. The highest BCUT2D eigenvalue weighted by molar-refractivity contribution is 5.84. The molecule has 8 heteroatoms. The van der Waals surface area contributed by atoms with Gasteiger partial charge >= 0.3 is 6.09 Å². The second-order valence-corrected chi connectivity index (χ2v) is 8.36. The maximum atomic E-state index is 11.7. The van der Waals surface area contributed by atoms with E-state index in [4.69, 9.17) is 9.47 Å². The van der Waals surface area contributed by atoms with E-state index >= 15 is 0 Å². The molecule has 1 N–H and O–H groups in total. The van der Waals surface area contributed by atoms with E-state index in [1.807, 2.05) is 13.0 Å². The molecule has 1 aromatic heterocycles. The summed E-state index contributed by atoms with van der Waals surface area (Å²) in [5.41, 5.74) is 4.63. The molecule has 0 atom stereocenters. The largest absolute Gasteiger partial charge is 0.450 e. The van der Waals surface area contributed by atoms with Crippen molar-refractivity contribution in [2.24, 2.45) is 0 Å². The first-order chi connectivity index (χ1) is 16.8. The molecule has 3 rings (SSSR count). The molecule has 3 aromatic rings. The van der Waals surface area contributed by atoms with Gasteiger partial charge in [-0.15, -0.1) is 0 Å².